The van der Waals surface area contributed by atoms with E-state index in [1.807, 2.05) is 0 Å². The fraction of sp³-hybridized carbons (Fsp3) is 0.0286. The summed E-state index contributed by atoms with van der Waals surface area (Å²) >= 11 is 0. The summed E-state index contributed by atoms with van der Waals surface area (Å²) in [5.74, 6) is 0. The van der Waals surface area contributed by atoms with Crippen LogP contribution in [0.3, 0.4) is 0 Å². The van der Waals surface area contributed by atoms with Crippen molar-refractivity contribution >= 4 is 61.1 Å². The van der Waals surface area contributed by atoms with E-state index in [0.717, 1.165) is 0 Å². The molecule has 0 radical (unpaired) electrons. The molecular formula is C35H24NP. The molecule has 174 valence electrons. The summed E-state index contributed by atoms with van der Waals surface area (Å²) in [6.45, 7) is 0. The number of aryl methyl sites for hydroxylation is 1. The van der Waals surface area contributed by atoms with Gasteiger partial charge in [-0.25, -0.2) is 0 Å². The first-order valence-corrected chi connectivity index (χ1v) is 14.1. The predicted octanol–water partition coefficient (Wildman–Crippen LogP) is 10.4. The van der Waals surface area contributed by atoms with Gasteiger partial charge < -0.3 is 4.57 Å². The summed E-state index contributed by atoms with van der Waals surface area (Å²) in [5.41, 5.74) is 5.15. The highest BCUT2D eigenvalue weighted by Crippen LogP contribution is 2.55. The lowest BCUT2D eigenvalue weighted by Crippen LogP contribution is -1.86. The lowest BCUT2D eigenvalue weighted by molar-refractivity contribution is 1.01. The van der Waals surface area contributed by atoms with Crippen molar-refractivity contribution in [2.24, 2.45) is 7.05 Å². The maximum absolute atomic E-state index is 2.48. The Kier molecular flexibility index (Phi) is 4.41. The maximum atomic E-state index is 2.48. The number of rotatable bonds is 2. The highest BCUT2D eigenvalue weighted by Gasteiger charge is 2.18. The molecule has 6 aromatic carbocycles. The fourth-order valence-electron chi connectivity index (χ4n) is 6.25. The summed E-state index contributed by atoms with van der Waals surface area (Å²) in [7, 11) is 1.61. The number of aromatic nitrogens is 1. The van der Waals surface area contributed by atoms with Crippen molar-refractivity contribution in [3.05, 3.63) is 127 Å². The molecule has 2 heterocycles. The zero-order valence-electron chi connectivity index (χ0n) is 20.5. The van der Waals surface area contributed by atoms with Crippen LogP contribution in [0, 0.1) is 0 Å². The second-order valence-corrected chi connectivity index (χ2v) is 12.0. The minimum absolute atomic E-state index is 0.585. The minimum atomic E-state index is -0.585. The van der Waals surface area contributed by atoms with Gasteiger partial charge in [-0.3, -0.25) is 0 Å². The van der Waals surface area contributed by atoms with Crippen LogP contribution in [-0.4, -0.2) is 4.57 Å². The molecule has 1 unspecified atom stereocenters. The van der Waals surface area contributed by atoms with Gasteiger partial charge in [0.2, 0.25) is 0 Å². The van der Waals surface area contributed by atoms with Gasteiger partial charge in [-0.05, 0) is 56.2 Å². The molecule has 37 heavy (non-hydrogen) atoms. The fourth-order valence-corrected chi connectivity index (χ4v) is 8.91. The Morgan fingerprint density at radius 3 is 2.14 bits per heavy atom. The first-order valence-electron chi connectivity index (χ1n) is 12.8. The Morgan fingerprint density at radius 1 is 0.514 bits per heavy atom. The largest absolute Gasteiger partial charge is 0.344 e. The third-order valence-electron chi connectivity index (χ3n) is 7.92. The van der Waals surface area contributed by atoms with Gasteiger partial charge in [-0.15, -0.1) is 0 Å². The van der Waals surface area contributed by atoms with Gasteiger partial charge in [-0.2, -0.15) is 0 Å². The minimum Gasteiger partial charge on any atom is -0.344 e. The molecule has 1 atom stereocenters. The average molecular weight is 490 g/mol. The Balaban J connectivity index is 1.50. The summed E-state index contributed by atoms with van der Waals surface area (Å²) in [5, 5.41) is 12.4. The molecule has 0 N–H and O–H groups in total. The molecule has 2 heteroatoms. The predicted molar refractivity (Wildman–Crippen MR) is 162 cm³/mol. The van der Waals surface area contributed by atoms with Crippen molar-refractivity contribution < 1.29 is 0 Å². The first kappa shape index (κ1) is 20.8. The number of hydrogen-bond acceptors (Lipinski definition) is 0. The molecule has 0 amide bonds. The van der Waals surface area contributed by atoms with E-state index in [4.69, 9.17) is 0 Å². The van der Waals surface area contributed by atoms with Crippen LogP contribution >= 0.6 is 7.53 Å². The lowest BCUT2D eigenvalue weighted by atomic mass is 9.96. The Bertz CT molecular complexity index is 2140. The van der Waals surface area contributed by atoms with Crippen LogP contribution in [0.2, 0.25) is 0 Å². The molecule has 0 saturated heterocycles. The topological polar surface area (TPSA) is 4.93 Å². The van der Waals surface area contributed by atoms with Gasteiger partial charge in [0.1, 0.15) is 0 Å². The molecule has 0 spiro atoms. The van der Waals surface area contributed by atoms with Gasteiger partial charge in [0.15, 0.2) is 0 Å². The summed E-state index contributed by atoms with van der Waals surface area (Å²) < 4.78 is 2.35. The van der Waals surface area contributed by atoms with Gasteiger partial charge >= 0.3 is 0 Å². The van der Waals surface area contributed by atoms with Crippen LogP contribution in [0.4, 0.5) is 0 Å². The molecule has 0 saturated carbocycles. The zero-order valence-corrected chi connectivity index (χ0v) is 21.4. The smallest absolute Gasteiger partial charge is 0.0495 e. The summed E-state index contributed by atoms with van der Waals surface area (Å²) in [6.07, 6.45) is 0. The van der Waals surface area contributed by atoms with Crippen LogP contribution in [0.5, 0.6) is 0 Å². The van der Waals surface area contributed by atoms with Gasteiger partial charge in [-0.1, -0.05) is 117 Å². The van der Waals surface area contributed by atoms with E-state index in [2.05, 4.69) is 139 Å². The molecule has 8 aromatic rings. The first-order chi connectivity index (χ1) is 18.3. The summed E-state index contributed by atoms with van der Waals surface area (Å²) in [6, 6.07) is 47.2. The Hall–Kier alpha value is -4.32. The normalized spacial score (nSPS) is 12.4. The second kappa shape index (κ2) is 7.84. The van der Waals surface area contributed by atoms with E-state index in [1.165, 1.54) is 70.0 Å². The van der Waals surface area contributed by atoms with E-state index < -0.39 is 7.53 Å². The van der Waals surface area contributed by atoms with E-state index in [9.17, 15) is 0 Å². The van der Waals surface area contributed by atoms with Crippen LogP contribution in [0.1, 0.15) is 0 Å². The monoisotopic (exact) mass is 489 g/mol. The van der Waals surface area contributed by atoms with Crippen molar-refractivity contribution in [2.75, 3.05) is 0 Å². The highest BCUT2D eigenvalue weighted by atomic mass is 31.1. The van der Waals surface area contributed by atoms with Crippen molar-refractivity contribution in [2.45, 2.75) is 0 Å². The molecular weight excluding hydrogens is 465 g/mol. The SMILES string of the molecule is Cn1c2cccc(-c3ccc4c5ccccc5p(-c5ccccc5)c4c3)c2c2c3ccccc3ccc21. The van der Waals surface area contributed by atoms with Crippen molar-refractivity contribution in [1.82, 2.24) is 4.57 Å². The van der Waals surface area contributed by atoms with E-state index in [0.29, 0.717) is 0 Å². The third kappa shape index (κ3) is 2.92. The van der Waals surface area contributed by atoms with Gasteiger partial charge in [0.25, 0.3) is 0 Å². The van der Waals surface area contributed by atoms with Crippen molar-refractivity contribution in [1.29, 1.82) is 0 Å². The number of hydrogen-bond donors (Lipinski definition) is 0. The van der Waals surface area contributed by atoms with E-state index in [-0.39, 0.29) is 0 Å². The third-order valence-corrected chi connectivity index (χ3v) is 10.5. The molecule has 2 aromatic heterocycles. The molecule has 8 rings (SSSR count). The van der Waals surface area contributed by atoms with Crippen LogP contribution in [0.25, 0.3) is 70.0 Å². The highest BCUT2D eigenvalue weighted by molar-refractivity contribution is 7.67. The molecule has 0 aliphatic heterocycles. The number of fused-ring (bicyclic) bond motifs is 8. The molecule has 0 aliphatic carbocycles. The average Bonchev–Trinajstić information content (AvgIpc) is 3.45. The molecule has 1 nitrogen and oxygen atoms in total. The van der Waals surface area contributed by atoms with E-state index >= 15 is 0 Å². The molecule has 0 aliphatic rings. The Labute approximate surface area is 216 Å². The van der Waals surface area contributed by atoms with Crippen molar-refractivity contribution in [3.63, 3.8) is 0 Å². The lowest BCUT2D eigenvalue weighted by Gasteiger charge is -2.08. The molecule has 0 bridgehead atoms. The van der Waals surface area contributed by atoms with Crippen molar-refractivity contribution in [3.8, 4) is 16.4 Å². The summed E-state index contributed by atoms with van der Waals surface area (Å²) in [4.78, 5) is 0. The number of nitrogens with zero attached hydrogens (tertiary/aromatic N) is 1. The zero-order chi connectivity index (χ0) is 24.5. The maximum Gasteiger partial charge on any atom is 0.0495 e. The number of benzene rings is 6. The quantitative estimate of drug-likeness (QED) is 0.228. The Morgan fingerprint density at radius 2 is 1.24 bits per heavy atom. The van der Waals surface area contributed by atoms with Crippen LogP contribution in [0.15, 0.2) is 127 Å². The van der Waals surface area contributed by atoms with Gasteiger partial charge in [0.05, 0.1) is 0 Å². The standard InChI is InChI=1S/C35H24NP/c1-36-30-16-9-15-27(35(30)34-26-13-6-5-10-23(26)19-21-31(34)36)24-18-20-29-28-14-7-8-17-32(28)37(33(29)22-24)25-11-3-2-4-12-25/h2-22H,1H3. The second-order valence-electron chi connectivity index (χ2n) is 9.86. The van der Waals surface area contributed by atoms with Gasteiger partial charge in [0, 0.05) is 39.1 Å². The molecule has 0 fully saturated rings. The van der Waals surface area contributed by atoms with Crippen LogP contribution in [-0.2, 0) is 7.05 Å². The van der Waals surface area contributed by atoms with Crippen LogP contribution < -0.4 is 0 Å². The van der Waals surface area contributed by atoms with E-state index in [1.54, 1.807) is 0 Å².